The lowest BCUT2D eigenvalue weighted by Gasteiger charge is -2.23. The largest absolute Gasteiger partial charge is 0.294 e. The Kier molecular flexibility index (Phi) is 3.62. The molecule has 2 aromatic heterocycles. The van der Waals surface area contributed by atoms with Gasteiger partial charge in [0.1, 0.15) is 11.3 Å². The third-order valence-electron chi connectivity index (χ3n) is 4.77. The standard InChI is InChI=1S/C19H22N4/c1-3-22-12-6-10-17(22)19-21-16-9-5-11-20-18(16)23(19)15-8-4-7-14(2)13-15/h4-5,7-9,11,13,17H,3,6,10,12H2,1-2H3. The number of aryl methyl sites for hydroxylation is 1. The second-order valence-electron chi connectivity index (χ2n) is 6.28. The Hall–Kier alpha value is -2.20. The topological polar surface area (TPSA) is 34.0 Å². The van der Waals surface area contributed by atoms with Crippen molar-refractivity contribution in [1.29, 1.82) is 0 Å². The van der Waals surface area contributed by atoms with E-state index >= 15 is 0 Å². The third kappa shape index (κ3) is 2.43. The molecule has 0 saturated carbocycles. The van der Waals surface area contributed by atoms with Crippen molar-refractivity contribution < 1.29 is 0 Å². The minimum Gasteiger partial charge on any atom is -0.294 e. The number of pyridine rings is 1. The van der Waals surface area contributed by atoms with E-state index in [2.05, 4.69) is 58.6 Å². The molecule has 1 aliphatic rings. The molecule has 1 aliphatic heterocycles. The maximum absolute atomic E-state index is 4.96. The number of fused-ring (bicyclic) bond motifs is 1. The van der Waals surface area contributed by atoms with Crippen molar-refractivity contribution in [3.05, 3.63) is 54.0 Å². The number of nitrogens with zero attached hydrogens (tertiary/aromatic N) is 4. The van der Waals surface area contributed by atoms with E-state index in [1.807, 2.05) is 12.3 Å². The van der Waals surface area contributed by atoms with Gasteiger partial charge in [0, 0.05) is 11.9 Å². The van der Waals surface area contributed by atoms with E-state index in [0.717, 1.165) is 35.8 Å². The Morgan fingerprint density at radius 2 is 2.13 bits per heavy atom. The Labute approximate surface area is 136 Å². The average molecular weight is 306 g/mol. The van der Waals surface area contributed by atoms with Crippen LogP contribution in [0.25, 0.3) is 16.9 Å². The summed E-state index contributed by atoms with van der Waals surface area (Å²) in [6, 6.07) is 13.0. The fraction of sp³-hybridized carbons (Fsp3) is 0.368. The lowest BCUT2D eigenvalue weighted by Crippen LogP contribution is -2.25. The van der Waals surface area contributed by atoms with E-state index in [1.54, 1.807) is 0 Å². The molecule has 0 N–H and O–H groups in total. The van der Waals surface area contributed by atoms with Crippen LogP contribution in [0.15, 0.2) is 42.6 Å². The molecule has 1 saturated heterocycles. The van der Waals surface area contributed by atoms with Crippen LogP contribution < -0.4 is 0 Å². The average Bonchev–Trinajstić information content (AvgIpc) is 3.18. The summed E-state index contributed by atoms with van der Waals surface area (Å²) in [6.07, 6.45) is 4.26. The molecular weight excluding hydrogens is 284 g/mol. The molecule has 4 heteroatoms. The minimum absolute atomic E-state index is 0.384. The zero-order valence-electron chi connectivity index (χ0n) is 13.7. The monoisotopic (exact) mass is 306 g/mol. The normalized spacial score (nSPS) is 18.8. The van der Waals surface area contributed by atoms with E-state index in [4.69, 9.17) is 4.98 Å². The van der Waals surface area contributed by atoms with Gasteiger partial charge in [0.15, 0.2) is 5.65 Å². The number of aromatic nitrogens is 3. The predicted molar refractivity (Wildman–Crippen MR) is 92.8 cm³/mol. The van der Waals surface area contributed by atoms with Gasteiger partial charge in [-0.1, -0.05) is 19.1 Å². The Morgan fingerprint density at radius 3 is 2.96 bits per heavy atom. The number of hydrogen-bond acceptors (Lipinski definition) is 3. The van der Waals surface area contributed by atoms with E-state index in [-0.39, 0.29) is 0 Å². The first kappa shape index (κ1) is 14.4. The molecule has 3 heterocycles. The molecule has 4 rings (SSSR count). The molecule has 3 aromatic rings. The summed E-state index contributed by atoms with van der Waals surface area (Å²) >= 11 is 0. The van der Waals surface area contributed by atoms with Crippen molar-refractivity contribution in [3.63, 3.8) is 0 Å². The highest BCUT2D eigenvalue weighted by Gasteiger charge is 2.30. The van der Waals surface area contributed by atoms with Gasteiger partial charge >= 0.3 is 0 Å². The Morgan fingerprint density at radius 1 is 1.22 bits per heavy atom. The molecule has 1 aromatic carbocycles. The quantitative estimate of drug-likeness (QED) is 0.736. The van der Waals surface area contributed by atoms with Crippen molar-refractivity contribution in [3.8, 4) is 5.69 Å². The minimum atomic E-state index is 0.384. The summed E-state index contributed by atoms with van der Waals surface area (Å²) in [5.41, 5.74) is 4.34. The lowest BCUT2D eigenvalue weighted by atomic mass is 10.2. The number of benzene rings is 1. The van der Waals surface area contributed by atoms with Gasteiger partial charge in [0.2, 0.25) is 0 Å². The maximum Gasteiger partial charge on any atom is 0.164 e. The van der Waals surface area contributed by atoms with Crippen LogP contribution in [0.1, 0.15) is 37.2 Å². The molecule has 1 unspecified atom stereocenters. The molecular formula is C19H22N4. The first-order valence-electron chi connectivity index (χ1n) is 8.42. The van der Waals surface area contributed by atoms with Crippen LogP contribution in [0.4, 0.5) is 0 Å². The Bertz CT molecular complexity index is 836. The van der Waals surface area contributed by atoms with Crippen LogP contribution in [-0.4, -0.2) is 32.5 Å². The molecule has 0 radical (unpaired) electrons. The molecule has 4 nitrogen and oxygen atoms in total. The van der Waals surface area contributed by atoms with E-state index < -0.39 is 0 Å². The van der Waals surface area contributed by atoms with E-state index in [9.17, 15) is 0 Å². The van der Waals surface area contributed by atoms with Crippen molar-refractivity contribution >= 4 is 11.2 Å². The Balaban J connectivity index is 1.95. The van der Waals surface area contributed by atoms with Gasteiger partial charge in [0.25, 0.3) is 0 Å². The molecule has 0 aliphatic carbocycles. The van der Waals surface area contributed by atoms with E-state index in [0.29, 0.717) is 6.04 Å². The fourth-order valence-corrected chi connectivity index (χ4v) is 3.67. The van der Waals surface area contributed by atoms with Gasteiger partial charge in [-0.15, -0.1) is 0 Å². The molecule has 0 spiro atoms. The van der Waals surface area contributed by atoms with E-state index in [1.165, 1.54) is 18.4 Å². The van der Waals surface area contributed by atoms with Crippen LogP contribution in [0.5, 0.6) is 0 Å². The van der Waals surface area contributed by atoms with Crippen LogP contribution in [-0.2, 0) is 0 Å². The summed E-state index contributed by atoms with van der Waals surface area (Å²) in [4.78, 5) is 12.1. The number of likely N-dealkylation sites (tertiary alicyclic amines) is 1. The van der Waals surface area contributed by atoms with Gasteiger partial charge in [-0.05, 0) is 62.7 Å². The SMILES string of the molecule is CCN1CCCC1c1nc2cccnc2n1-c1cccc(C)c1. The first-order valence-corrected chi connectivity index (χ1v) is 8.42. The molecule has 1 atom stereocenters. The highest BCUT2D eigenvalue weighted by atomic mass is 15.2. The molecule has 0 amide bonds. The zero-order chi connectivity index (χ0) is 15.8. The second-order valence-corrected chi connectivity index (χ2v) is 6.28. The predicted octanol–water partition coefficient (Wildman–Crippen LogP) is 3.89. The summed E-state index contributed by atoms with van der Waals surface area (Å²) < 4.78 is 2.25. The molecule has 118 valence electrons. The van der Waals surface area contributed by atoms with Crippen molar-refractivity contribution in [1.82, 2.24) is 19.4 Å². The molecule has 23 heavy (non-hydrogen) atoms. The van der Waals surface area contributed by atoms with Gasteiger partial charge < -0.3 is 0 Å². The van der Waals surface area contributed by atoms with Crippen LogP contribution in [0.2, 0.25) is 0 Å². The van der Waals surface area contributed by atoms with Gasteiger partial charge in [-0.3, -0.25) is 9.47 Å². The highest BCUT2D eigenvalue weighted by molar-refractivity contribution is 5.74. The summed E-state index contributed by atoms with van der Waals surface area (Å²) in [5, 5.41) is 0. The summed E-state index contributed by atoms with van der Waals surface area (Å²) in [5.74, 6) is 1.13. The first-order chi connectivity index (χ1) is 11.3. The fourth-order valence-electron chi connectivity index (χ4n) is 3.67. The number of rotatable bonds is 3. The highest BCUT2D eigenvalue weighted by Crippen LogP contribution is 2.34. The molecule has 0 bridgehead atoms. The van der Waals surface area contributed by atoms with Crippen LogP contribution >= 0.6 is 0 Å². The number of hydrogen-bond donors (Lipinski definition) is 0. The van der Waals surface area contributed by atoms with Gasteiger partial charge in [-0.2, -0.15) is 0 Å². The number of imidazole rings is 1. The van der Waals surface area contributed by atoms with Crippen molar-refractivity contribution in [2.24, 2.45) is 0 Å². The zero-order valence-corrected chi connectivity index (χ0v) is 13.7. The van der Waals surface area contributed by atoms with Gasteiger partial charge in [0.05, 0.1) is 6.04 Å². The maximum atomic E-state index is 4.96. The third-order valence-corrected chi connectivity index (χ3v) is 4.77. The van der Waals surface area contributed by atoms with Crippen molar-refractivity contribution in [2.75, 3.05) is 13.1 Å². The van der Waals surface area contributed by atoms with Crippen molar-refractivity contribution in [2.45, 2.75) is 32.7 Å². The van der Waals surface area contributed by atoms with Gasteiger partial charge in [-0.25, -0.2) is 9.97 Å². The van der Waals surface area contributed by atoms with Crippen LogP contribution in [0.3, 0.4) is 0 Å². The summed E-state index contributed by atoms with van der Waals surface area (Å²) in [6.45, 7) is 6.58. The second kappa shape index (κ2) is 5.78. The molecule has 1 fully saturated rings. The lowest BCUT2D eigenvalue weighted by molar-refractivity contribution is 0.261. The summed E-state index contributed by atoms with van der Waals surface area (Å²) in [7, 11) is 0. The smallest absolute Gasteiger partial charge is 0.164 e. The van der Waals surface area contributed by atoms with Crippen LogP contribution in [0, 0.1) is 6.92 Å².